The molecule has 35 heavy (non-hydrogen) atoms. The average Bonchev–Trinajstić information content (AvgIpc) is 2.88. The summed E-state index contributed by atoms with van der Waals surface area (Å²) in [6.45, 7) is 0.543. The van der Waals surface area contributed by atoms with Crippen molar-refractivity contribution in [2.75, 3.05) is 13.9 Å². The summed E-state index contributed by atoms with van der Waals surface area (Å²) in [5, 5.41) is 15.3. The number of phenols is 1. The van der Waals surface area contributed by atoms with Gasteiger partial charge >= 0.3 is 0 Å². The molecule has 0 aliphatic carbocycles. The Morgan fingerprint density at radius 1 is 0.771 bits per heavy atom. The van der Waals surface area contributed by atoms with Crippen molar-refractivity contribution in [2.45, 2.75) is 6.61 Å². The second kappa shape index (κ2) is 8.55. The minimum absolute atomic E-state index is 0.108. The van der Waals surface area contributed by atoms with E-state index in [0.29, 0.717) is 28.5 Å². The Morgan fingerprint density at radius 3 is 2.23 bits per heavy atom. The summed E-state index contributed by atoms with van der Waals surface area (Å²) >= 11 is 0. The topological polar surface area (TPSA) is 68.9 Å². The van der Waals surface area contributed by atoms with Crippen LogP contribution in [0.4, 0.5) is 0 Å². The highest BCUT2D eigenvalue weighted by molar-refractivity contribution is 6.20. The average molecular weight is 463 g/mol. The SMILES string of the molecule is COCOCc1ccccc1-c1c2ccc3cccc(O)c3c2oc2c1ccc1cccc(=O)c12. The number of hydrogen-bond acceptors (Lipinski definition) is 5. The Balaban J connectivity index is 1.82. The van der Waals surface area contributed by atoms with E-state index in [1.807, 2.05) is 60.7 Å². The van der Waals surface area contributed by atoms with E-state index in [1.54, 1.807) is 31.4 Å². The number of ether oxygens (including phenoxy) is 2. The van der Waals surface area contributed by atoms with Crippen molar-refractivity contribution >= 4 is 43.5 Å². The fourth-order valence-electron chi connectivity index (χ4n) is 4.91. The minimum atomic E-state index is -0.108. The summed E-state index contributed by atoms with van der Waals surface area (Å²) in [5.41, 5.74) is 3.79. The highest BCUT2D eigenvalue weighted by atomic mass is 16.7. The molecule has 1 aromatic heterocycles. The van der Waals surface area contributed by atoms with Crippen molar-refractivity contribution in [3.05, 3.63) is 101 Å². The Bertz CT molecular complexity index is 1800. The molecule has 6 aromatic rings. The van der Waals surface area contributed by atoms with Gasteiger partial charge in [-0.25, -0.2) is 0 Å². The molecule has 0 amide bonds. The lowest BCUT2D eigenvalue weighted by Gasteiger charge is -2.17. The predicted molar refractivity (Wildman–Crippen MR) is 139 cm³/mol. The Morgan fingerprint density at radius 2 is 1.46 bits per heavy atom. The number of rotatable bonds is 5. The first-order chi connectivity index (χ1) is 17.2. The number of phenolic OH excluding ortho intramolecular Hbond substituents is 1. The largest absolute Gasteiger partial charge is 0.507 e. The van der Waals surface area contributed by atoms with Gasteiger partial charge in [-0.3, -0.25) is 4.79 Å². The molecule has 0 unspecified atom stereocenters. The molecule has 172 valence electrons. The van der Waals surface area contributed by atoms with Crippen LogP contribution in [0.25, 0.3) is 54.6 Å². The number of benzene rings is 5. The molecule has 0 saturated heterocycles. The lowest BCUT2D eigenvalue weighted by Crippen LogP contribution is -2.01. The molecule has 0 fully saturated rings. The van der Waals surface area contributed by atoms with Gasteiger partial charge in [0.2, 0.25) is 0 Å². The third-order valence-corrected chi connectivity index (χ3v) is 6.42. The minimum Gasteiger partial charge on any atom is -0.507 e. The molecule has 0 bridgehead atoms. The zero-order valence-electron chi connectivity index (χ0n) is 19.1. The van der Waals surface area contributed by atoms with Crippen molar-refractivity contribution in [1.82, 2.24) is 0 Å². The summed E-state index contributed by atoms with van der Waals surface area (Å²) in [7, 11) is 1.59. The molecule has 0 atom stereocenters. The van der Waals surface area contributed by atoms with Crippen LogP contribution in [0, 0.1) is 0 Å². The van der Waals surface area contributed by atoms with Crippen LogP contribution in [0.3, 0.4) is 0 Å². The molecule has 6 rings (SSSR count). The third-order valence-electron chi connectivity index (χ3n) is 6.42. The second-order valence-electron chi connectivity index (χ2n) is 8.50. The Kier molecular flexibility index (Phi) is 5.21. The number of hydrogen-bond donors (Lipinski definition) is 1. The standard InChI is InChI=1S/C30H22O5/c1-33-17-34-16-20-6-2-3-9-21(20)28-22-14-12-18-7-4-10-24(31)26(18)29(22)35-30-23(28)15-13-19-8-5-11-25(32)27(19)30/h2-15,31H,16-17H2,1H3. The Labute approximate surface area is 200 Å². The lowest BCUT2D eigenvalue weighted by atomic mass is 9.91. The molecule has 1 N–H and O–H groups in total. The van der Waals surface area contributed by atoms with E-state index in [9.17, 15) is 9.90 Å². The van der Waals surface area contributed by atoms with Crippen molar-refractivity contribution in [1.29, 1.82) is 0 Å². The van der Waals surface area contributed by atoms with Crippen LogP contribution in [-0.2, 0) is 16.1 Å². The van der Waals surface area contributed by atoms with Gasteiger partial charge in [-0.2, -0.15) is 0 Å². The quantitative estimate of drug-likeness (QED) is 0.133. The van der Waals surface area contributed by atoms with Gasteiger partial charge in [0.05, 0.1) is 17.4 Å². The fraction of sp³-hybridized carbons (Fsp3) is 0.100. The van der Waals surface area contributed by atoms with Crippen LogP contribution in [0.2, 0.25) is 0 Å². The summed E-state index contributed by atoms with van der Waals surface area (Å²) in [6.07, 6.45) is 0. The van der Waals surface area contributed by atoms with E-state index in [1.165, 1.54) is 0 Å². The highest BCUT2D eigenvalue weighted by Gasteiger charge is 2.20. The first kappa shape index (κ1) is 21.4. The first-order valence-electron chi connectivity index (χ1n) is 11.4. The maximum absolute atomic E-state index is 13.0. The van der Waals surface area contributed by atoms with Crippen LogP contribution in [0.5, 0.6) is 5.75 Å². The third kappa shape index (κ3) is 3.44. The summed E-state index contributed by atoms with van der Waals surface area (Å²) < 4.78 is 17.3. The van der Waals surface area contributed by atoms with Crippen LogP contribution in [0.1, 0.15) is 5.56 Å². The van der Waals surface area contributed by atoms with Gasteiger partial charge in [-0.05, 0) is 46.2 Å². The second-order valence-corrected chi connectivity index (χ2v) is 8.50. The molecule has 0 aliphatic heterocycles. The van der Waals surface area contributed by atoms with E-state index in [4.69, 9.17) is 13.9 Å². The van der Waals surface area contributed by atoms with Crippen molar-refractivity contribution in [2.24, 2.45) is 0 Å². The molecule has 0 radical (unpaired) electrons. The molecule has 0 aliphatic rings. The predicted octanol–water partition coefficient (Wildman–Crippen LogP) is 6.75. The van der Waals surface area contributed by atoms with Crippen molar-refractivity contribution in [3.8, 4) is 16.9 Å². The van der Waals surface area contributed by atoms with Crippen molar-refractivity contribution < 1.29 is 19.0 Å². The van der Waals surface area contributed by atoms with Crippen LogP contribution >= 0.6 is 0 Å². The molecule has 5 aromatic carbocycles. The first-order valence-corrected chi connectivity index (χ1v) is 11.4. The summed E-state index contributed by atoms with van der Waals surface area (Å²) in [6, 6.07) is 26.5. The van der Waals surface area contributed by atoms with Gasteiger partial charge in [0, 0.05) is 23.4 Å². The van der Waals surface area contributed by atoms with Gasteiger partial charge in [0.25, 0.3) is 0 Å². The Hall–Kier alpha value is -4.19. The zero-order chi connectivity index (χ0) is 23.9. The number of methoxy groups -OCH3 is 1. The fourth-order valence-corrected chi connectivity index (χ4v) is 4.91. The van der Waals surface area contributed by atoms with E-state index in [2.05, 4.69) is 0 Å². The molecule has 5 heteroatoms. The smallest absolute Gasteiger partial charge is 0.190 e. The maximum atomic E-state index is 13.0. The molecule has 1 heterocycles. The molecular formula is C30H22O5. The monoisotopic (exact) mass is 462 g/mol. The highest BCUT2D eigenvalue weighted by Crippen LogP contribution is 2.43. The zero-order valence-corrected chi connectivity index (χ0v) is 19.1. The normalized spacial score (nSPS) is 11.7. The maximum Gasteiger partial charge on any atom is 0.190 e. The lowest BCUT2D eigenvalue weighted by molar-refractivity contribution is -0.0389. The number of fused-ring (bicyclic) bond motifs is 6. The molecule has 5 nitrogen and oxygen atoms in total. The molecule has 0 spiro atoms. The van der Waals surface area contributed by atoms with Crippen LogP contribution in [0.15, 0.2) is 94.1 Å². The van der Waals surface area contributed by atoms with E-state index >= 15 is 0 Å². The molecular weight excluding hydrogens is 440 g/mol. The summed E-state index contributed by atoms with van der Waals surface area (Å²) in [4.78, 5) is 13.0. The van der Waals surface area contributed by atoms with Gasteiger partial charge in [0.15, 0.2) is 5.43 Å². The van der Waals surface area contributed by atoms with Crippen LogP contribution in [-0.4, -0.2) is 19.0 Å². The van der Waals surface area contributed by atoms with E-state index in [0.717, 1.165) is 38.2 Å². The van der Waals surface area contributed by atoms with E-state index < -0.39 is 0 Å². The summed E-state index contributed by atoms with van der Waals surface area (Å²) in [5.74, 6) is 0.126. The number of aromatic hydroxyl groups is 1. The van der Waals surface area contributed by atoms with Gasteiger partial charge in [-0.1, -0.05) is 60.7 Å². The van der Waals surface area contributed by atoms with E-state index in [-0.39, 0.29) is 18.0 Å². The van der Waals surface area contributed by atoms with Crippen molar-refractivity contribution in [3.63, 3.8) is 0 Å². The van der Waals surface area contributed by atoms with Gasteiger partial charge in [-0.15, -0.1) is 0 Å². The van der Waals surface area contributed by atoms with Crippen LogP contribution < -0.4 is 5.43 Å². The molecule has 0 saturated carbocycles. The van der Waals surface area contributed by atoms with Gasteiger partial charge in [0.1, 0.15) is 23.7 Å². The van der Waals surface area contributed by atoms with Gasteiger partial charge < -0.3 is 19.0 Å².